The Morgan fingerprint density at radius 3 is 2.75 bits per heavy atom. The van der Waals surface area contributed by atoms with Gasteiger partial charge in [0.05, 0.1) is 5.92 Å². The summed E-state index contributed by atoms with van der Waals surface area (Å²) in [5.41, 5.74) is 6.67. The predicted octanol–water partition coefficient (Wildman–Crippen LogP) is 1.82. The van der Waals surface area contributed by atoms with Gasteiger partial charge in [-0.05, 0) is 25.3 Å². The summed E-state index contributed by atoms with van der Waals surface area (Å²) >= 11 is 0. The molecule has 3 atom stereocenters. The molecule has 1 fully saturated rings. The third-order valence-electron chi connectivity index (χ3n) is 4.03. The zero-order chi connectivity index (χ0) is 14.5. The van der Waals surface area contributed by atoms with E-state index in [2.05, 4.69) is 10.5 Å². The number of carbonyl (C=O) groups excluding carboxylic acids is 1. The molecule has 0 heterocycles. The molecule has 5 nitrogen and oxygen atoms in total. The minimum atomic E-state index is -0.204. The Labute approximate surface area is 118 Å². The molecule has 20 heavy (non-hydrogen) atoms. The SMILES string of the molecule is CC(C(=O)NC1CCCC1/C(N)=N/O)c1ccccc1. The van der Waals surface area contributed by atoms with Crippen molar-refractivity contribution in [2.75, 3.05) is 0 Å². The highest BCUT2D eigenvalue weighted by molar-refractivity contribution is 5.86. The van der Waals surface area contributed by atoms with Gasteiger partial charge >= 0.3 is 0 Å². The second-order valence-corrected chi connectivity index (χ2v) is 5.31. The monoisotopic (exact) mass is 275 g/mol. The molecular formula is C15H21N3O2. The van der Waals surface area contributed by atoms with Crippen molar-refractivity contribution in [1.29, 1.82) is 0 Å². The maximum absolute atomic E-state index is 12.3. The van der Waals surface area contributed by atoms with Crippen molar-refractivity contribution in [3.05, 3.63) is 35.9 Å². The van der Waals surface area contributed by atoms with E-state index >= 15 is 0 Å². The summed E-state index contributed by atoms with van der Waals surface area (Å²) in [7, 11) is 0. The fraction of sp³-hybridized carbons (Fsp3) is 0.467. The molecule has 0 saturated heterocycles. The quantitative estimate of drug-likeness (QED) is 0.339. The number of nitrogens with one attached hydrogen (secondary N) is 1. The zero-order valence-electron chi connectivity index (χ0n) is 11.6. The van der Waals surface area contributed by atoms with Gasteiger partial charge in [0.15, 0.2) is 0 Å². The first-order valence-electron chi connectivity index (χ1n) is 6.96. The first-order chi connectivity index (χ1) is 9.63. The lowest BCUT2D eigenvalue weighted by Gasteiger charge is -2.22. The van der Waals surface area contributed by atoms with E-state index in [4.69, 9.17) is 10.9 Å². The molecule has 3 unspecified atom stereocenters. The van der Waals surface area contributed by atoms with Gasteiger partial charge < -0.3 is 16.3 Å². The highest BCUT2D eigenvalue weighted by Crippen LogP contribution is 2.26. The topological polar surface area (TPSA) is 87.7 Å². The van der Waals surface area contributed by atoms with Crippen molar-refractivity contribution >= 4 is 11.7 Å². The number of nitrogens with zero attached hydrogens (tertiary/aromatic N) is 1. The zero-order valence-corrected chi connectivity index (χ0v) is 11.6. The lowest BCUT2D eigenvalue weighted by atomic mass is 9.98. The normalized spacial score (nSPS) is 24.4. The molecule has 0 spiro atoms. The number of hydrogen-bond acceptors (Lipinski definition) is 3. The fourth-order valence-electron chi connectivity index (χ4n) is 2.76. The summed E-state index contributed by atoms with van der Waals surface area (Å²) in [5, 5.41) is 14.9. The van der Waals surface area contributed by atoms with Gasteiger partial charge in [0.1, 0.15) is 5.84 Å². The van der Waals surface area contributed by atoms with Crippen LogP contribution < -0.4 is 11.1 Å². The fourth-order valence-corrected chi connectivity index (χ4v) is 2.76. The molecule has 1 aliphatic carbocycles. The summed E-state index contributed by atoms with van der Waals surface area (Å²) in [6, 6.07) is 9.63. The van der Waals surface area contributed by atoms with Crippen LogP contribution in [0.25, 0.3) is 0 Å². The molecule has 4 N–H and O–H groups in total. The molecule has 1 aromatic carbocycles. The molecule has 1 aromatic rings. The van der Waals surface area contributed by atoms with Gasteiger partial charge in [-0.25, -0.2) is 0 Å². The Bertz CT molecular complexity index is 487. The third-order valence-corrected chi connectivity index (χ3v) is 4.03. The molecule has 0 aliphatic heterocycles. The van der Waals surface area contributed by atoms with Gasteiger partial charge in [-0.2, -0.15) is 0 Å². The molecule has 0 bridgehead atoms. The molecule has 1 saturated carbocycles. The summed E-state index contributed by atoms with van der Waals surface area (Å²) in [5.74, 6) is -0.0735. The number of benzene rings is 1. The smallest absolute Gasteiger partial charge is 0.227 e. The van der Waals surface area contributed by atoms with E-state index in [1.807, 2.05) is 37.3 Å². The van der Waals surface area contributed by atoms with Crippen molar-refractivity contribution in [2.24, 2.45) is 16.8 Å². The van der Waals surface area contributed by atoms with Crippen LogP contribution in [0.5, 0.6) is 0 Å². The minimum absolute atomic E-state index is 0.0150. The van der Waals surface area contributed by atoms with Crippen LogP contribution >= 0.6 is 0 Å². The number of hydrogen-bond donors (Lipinski definition) is 3. The van der Waals surface area contributed by atoms with Gasteiger partial charge in [-0.1, -0.05) is 41.9 Å². The van der Waals surface area contributed by atoms with Crippen LogP contribution in [0.2, 0.25) is 0 Å². The maximum Gasteiger partial charge on any atom is 0.227 e. The van der Waals surface area contributed by atoms with Crippen molar-refractivity contribution < 1.29 is 10.0 Å². The van der Waals surface area contributed by atoms with Crippen LogP contribution in [0.15, 0.2) is 35.5 Å². The average Bonchev–Trinajstić information content (AvgIpc) is 2.94. The van der Waals surface area contributed by atoms with Crippen LogP contribution in [-0.4, -0.2) is 23.0 Å². The standard InChI is InChI=1S/C15H21N3O2/c1-10(11-6-3-2-4-7-11)15(19)17-13-9-5-8-12(13)14(16)18-20/h2-4,6-7,10,12-13,20H,5,8-9H2,1H3,(H2,16,18)(H,17,19). The van der Waals surface area contributed by atoms with Gasteiger partial charge in [-0.3, -0.25) is 4.79 Å². The van der Waals surface area contributed by atoms with E-state index in [-0.39, 0.29) is 29.6 Å². The van der Waals surface area contributed by atoms with Crippen LogP contribution in [0.3, 0.4) is 0 Å². The van der Waals surface area contributed by atoms with Crippen LogP contribution in [-0.2, 0) is 4.79 Å². The summed E-state index contributed by atoms with van der Waals surface area (Å²) in [4.78, 5) is 12.3. The molecule has 2 rings (SSSR count). The number of rotatable bonds is 4. The molecular weight excluding hydrogens is 254 g/mol. The van der Waals surface area contributed by atoms with Crippen molar-refractivity contribution in [3.8, 4) is 0 Å². The predicted molar refractivity (Wildman–Crippen MR) is 77.5 cm³/mol. The van der Waals surface area contributed by atoms with E-state index in [9.17, 15) is 4.79 Å². The van der Waals surface area contributed by atoms with Crippen molar-refractivity contribution in [3.63, 3.8) is 0 Å². The summed E-state index contributed by atoms with van der Waals surface area (Å²) in [6.07, 6.45) is 2.69. The van der Waals surface area contributed by atoms with Crippen LogP contribution in [0.1, 0.15) is 37.7 Å². The molecule has 0 radical (unpaired) electrons. The number of nitrogens with two attached hydrogens (primary N) is 1. The molecule has 108 valence electrons. The Morgan fingerprint density at radius 2 is 2.10 bits per heavy atom. The minimum Gasteiger partial charge on any atom is -0.409 e. The average molecular weight is 275 g/mol. The van der Waals surface area contributed by atoms with Gasteiger partial charge in [-0.15, -0.1) is 0 Å². The first-order valence-corrected chi connectivity index (χ1v) is 6.96. The Balaban J connectivity index is 2.01. The summed E-state index contributed by atoms with van der Waals surface area (Å²) < 4.78 is 0. The Kier molecular flexibility index (Phi) is 4.61. The second kappa shape index (κ2) is 6.41. The number of amidine groups is 1. The van der Waals surface area contributed by atoms with Gasteiger partial charge in [0.25, 0.3) is 0 Å². The second-order valence-electron chi connectivity index (χ2n) is 5.31. The Hall–Kier alpha value is -2.04. The number of carbonyl (C=O) groups is 1. The first kappa shape index (κ1) is 14.4. The van der Waals surface area contributed by atoms with E-state index in [1.54, 1.807) is 0 Å². The van der Waals surface area contributed by atoms with E-state index in [0.717, 1.165) is 24.8 Å². The molecule has 5 heteroatoms. The highest BCUT2D eigenvalue weighted by Gasteiger charge is 2.32. The van der Waals surface area contributed by atoms with Gasteiger partial charge in [0.2, 0.25) is 5.91 Å². The lowest BCUT2D eigenvalue weighted by Crippen LogP contribution is -2.43. The number of oxime groups is 1. The number of amides is 1. The Morgan fingerprint density at radius 1 is 1.40 bits per heavy atom. The molecule has 0 aromatic heterocycles. The van der Waals surface area contributed by atoms with E-state index in [0.29, 0.717) is 0 Å². The van der Waals surface area contributed by atoms with Crippen molar-refractivity contribution in [1.82, 2.24) is 5.32 Å². The van der Waals surface area contributed by atoms with E-state index in [1.165, 1.54) is 0 Å². The van der Waals surface area contributed by atoms with Crippen molar-refractivity contribution in [2.45, 2.75) is 38.1 Å². The van der Waals surface area contributed by atoms with Crippen LogP contribution in [0, 0.1) is 5.92 Å². The molecule has 1 amide bonds. The lowest BCUT2D eigenvalue weighted by molar-refractivity contribution is -0.123. The third kappa shape index (κ3) is 3.10. The van der Waals surface area contributed by atoms with Gasteiger partial charge in [0, 0.05) is 12.0 Å². The summed E-state index contributed by atoms with van der Waals surface area (Å²) in [6.45, 7) is 1.89. The largest absolute Gasteiger partial charge is 0.409 e. The van der Waals surface area contributed by atoms with E-state index < -0.39 is 0 Å². The maximum atomic E-state index is 12.3. The molecule has 1 aliphatic rings. The van der Waals surface area contributed by atoms with Crippen LogP contribution in [0.4, 0.5) is 0 Å². The highest BCUT2D eigenvalue weighted by atomic mass is 16.4.